The molecule has 0 bridgehead atoms. The van der Waals surface area contributed by atoms with Crippen molar-refractivity contribution in [2.24, 2.45) is 0 Å². The van der Waals surface area contributed by atoms with Crippen LogP contribution < -0.4 is 59.1 Å². The normalized spacial score (nSPS) is 10.8. The Bertz CT molecular complexity index is 1460. The number of aromatic hydroxyl groups is 2. The van der Waals surface area contributed by atoms with Gasteiger partial charge in [-0.25, -0.2) is 0 Å². The van der Waals surface area contributed by atoms with Crippen molar-refractivity contribution < 1.29 is 109 Å². The molecule has 0 aliphatic carbocycles. The van der Waals surface area contributed by atoms with Crippen LogP contribution in [0.2, 0.25) is 0 Å². The van der Waals surface area contributed by atoms with Crippen molar-refractivity contribution >= 4 is 53.1 Å². The molecule has 0 spiro atoms. The van der Waals surface area contributed by atoms with Crippen LogP contribution in [-0.2, 0) is 31.6 Å². The number of fused-ring (bicyclic) bond motifs is 2. The van der Waals surface area contributed by atoms with Crippen LogP contribution in [0.25, 0.3) is 21.5 Å². The van der Waals surface area contributed by atoms with E-state index in [1.165, 1.54) is 60.7 Å². The first-order valence-electron chi connectivity index (χ1n) is 8.84. The van der Waals surface area contributed by atoms with Crippen LogP contribution in [0.5, 0.6) is 11.5 Å². The van der Waals surface area contributed by atoms with Gasteiger partial charge in [-0.05, 0) is 70.1 Å². The largest absolute Gasteiger partial charge is 1.00 e. The van der Waals surface area contributed by atoms with E-state index in [1.54, 1.807) is 12.1 Å². The van der Waals surface area contributed by atoms with E-state index >= 15 is 0 Å². The molecule has 182 valence electrons. The van der Waals surface area contributed by atoms with E-state index in [1.807, 2.05) is 0 Å². The third-order valence-electron chi connectivity index (χ3n) is 4.19. The third kappa shape index (κ3) is 11.1. The second kappa shape index (κ2) is 14.7. The summed E-state index contributed by atoms with van der Waals surface area (Å²) < 4.78 is 86.4. The molecule has 0 fully saturated rings. The van der Waals surface area contributed by atoms with Gasteiger partial charge < -0.3 is 19.3 Å². The minimum absolute atomic E-state index is 0. The van der Waals surface area contributed by atoms with Gasteiger partial charge in [0.25, 0.3) is 20.2 Å². The molecule has 0 amide bonds. The molecule has 0 saturated heterocycles. The van der Waals surface area contributed by atoms with E-state index in [0.29, 0.717) is 21.5 Å². The Morgan fingerprint density at radius 1 is 0.556 bits per heavy atom. The topological polar surface area (TPSA) is 212 Å². The molecule has 36 heavy (non-hydrogen) atoms. The number of hydrogen-bond acceptors (Lipinski definition) is 9. The van der Waals surface area contributed by atoms with Crippen molar-refractivity contribution in [1.29, 1.82) is 0 Å². The minimum atomic E-state index is -4.17. The molecular weight excluding hydrogens is 558 g/mol. The SMILES string of the molecule is O=S(=O)(O)c1ccc2cc(O)ccc2c1.O=S(=O)(O)c1ccc2cc(O)ccc2c1.O=S([O-])[O-].[Na+].[Na+]. The van der Waals surface area contributed by atoms with E-state index in [0.717, 1.165) is 0 Å². The molecule has 0 radical (unpaired) electrons. The second-order valence-electron chi connectivity index (χ2n) is 6.54. The van der Waals surface area contributed by atoms with Crippen LogP contribution in [0.1, 0.15) is 0 Å². The Labute approximate surface area is 253 Å². The molecule has 11 nitrogen and oxygen atoms in total. The first kappa shape index (κ1) is 34.9. The maximum absolute atomic E-state index is 10.8. The van der Waals surface area contributed by atoms with Gasteiger partial charge in [0.1, 0.15) is 11.5 Å². The molecule has 0 atom stereocenters. The molecule has 0 aliphatic rings. The molecule has 4 rings (SSSR count). The first-order valence-corrected chi connectivity index (χ1v) is 12.7. The van der Waals surface area contributed by atoms with E-state index < -0.39 is 31.6 Å². The van der Waals surface area contributed by atoms with Crippen molar-refractivity contribution in [2.75, 3.05) is 0 Å². The van der Waals surface area contributed by atoms with Crippen molar-refractivity contribution in [1.82, 2.24) is 0 Å². The van der Waals surface area contributed by atoms with E-state index in [-0.39, 0.29) is 80.4 Å². The molecule has 0 heterocycles. The smallest absolute Gasteiger partial charge is 0.784 e. The van der Waals surface area contributed by atoms with Gasteiger partial charge in [0.15, 0.2) is 0 Å². The van der Waals surface area contributed by atoms with Gasteiger partial charge in [0.2, 0.25) is 0 Å². The molecule has 4 N–H and O–H groups in total. The van der Waals surface area contributed by atoms with Gasteiger partial charge in [0, 0.05) is 0 Å². The van der Waals surface area contributed by atoms with Crippen LogP contribution >= 0.6 is 0 Å². The number of benzene rings is 4. The van der Waals surface area contributed by atoms with Gasteiger partial charge in [-0.3, -0.25) is 13.3 Å². The van der Waals surface area contributed by atoms with Crippen molar-refractivity contribution in [3.63, 3.8) is 0 Å². The van der Waals surface area contributed by atoms with Crippen molar-refractivity contribution in [2.45, 2.75) is 9.79 Å². The van der Waals surface area contributed by atoms with Gasteiger partial charge in [0.05, 0.1) is 9.79 Å². The third-order valence-corrected chi connectivity index (χ3v) is 5.89. The summed E-state index contributed by atoms with van der Waals surface area (Å²) >= 11 is -3.11. The standard InChI is InChI=1S/2C10H8O4S.2Na.H2O3S/c2*11-9-3-1-8-6-10(15(12,13)14)4-2-7(8)5-9;;;1-4(2)3/h2*1-6,11H,(H,12,13,14);;;(H2,1,2,3)/q;;2*+1;/p-2. The van der Waals surface area contributed by atoms with E-state index in [9.17, 15) is 27.0 Å². The number of phenols is 2. The Kier molecular flexibility index (Phi) is 14.3. The van der Waals surface area contributed by atoms with Crippen LogP contribution in [0.4, 0.5) is 0 Å². The van der Waals surface area contributed by atoms with Crippen molar-refractivity contribution in [3.8, 4) is 11.5 Å². The Balaban J connectivity index is 0.000000566. The van der Waals surface area contributed by atoms with Crippen LogP contribution in [0, 0.1) is 0 Å². The van der Waals surface area contributed by atoms with Crippen LogP contribution in [0.15, 0.2) is 82.6 Å². The predicted molar refractivity (Wildman–Crippen MR) is 121 cm³/mol. The second-order valence-corrected chi connectivity index (χ2v) is 9.79. The number of phenolic OH excluding ortho intramolecular Hbond substituents is 2. The zero-order valence-electron chi connectivity index (χ0n) is 18.8. The zero-order valence-corrected chi connectivity index (χ0v) is 25.2. The number of hydrogen-bond donors (Lipinski definition) is 4. The summed E-state index contributed by atoms with van der Waals surface area (Å²) in [5, 5.41) is 21.1. The molecule has 0 saturated carbocycles. The van der Waals surface area contributed by atoms with Gasteiger partial charge in [-0.2, -0.15) is 16.8 Å². The van der Waals surface area contributed by atoms with Gasteiger partial charge >= 0.3 is 59.1 Å². The molecule has 0 unspecified atom stereocenters. The van der Waals surface area contributed by atoms with Gasteiger partial charge in [-0.1, -0.05) is 24.3 Å². The molecule has 4 aromatic carbocycles. The van der Waals surface area contributed by atoms with Gasteiger partial charge in [-0.15, -0.1) is 11.4 Å². The molecule has 16 heteroatoms. The molecular formula is C20H16Na2O11S3. The van der Waals surface area contributed by atoms with Crippen LogP contribution in [-0.4, -0.2) is 49.5 Å². The number of rotatable bonds is 2. The molecule has 0 aliphatic heterocycles. The van der Waals surface area contributed by atoms with E-state index in [4.69, 9.17) is 22.4 Å². The predicted octanol–water partition coefficient (Wildman–Crippen LogP) is -3.41. The Morgan fingerprint density at radius 3 is 1.08 bits per heavy atom. The fraction of sp³-hybridized carbons (Fsp3) is 0. The zero-order chi connectivity index (χ0) is 25.7. The summed E-state index contributed by atoms with van der Waals surface area (Å²) in [7, 11) is -8.33. The van der Waals surface area contributed by atoms with Crippen molar-refractivity contribution in [3.05, 3.63) is 72.8 Å². The summed E-state index contributed by atoms with van der Waals surface area (Å²) in [5.74, 6) is 0.226. The maximum Gasteiger partial charge on any atom is 1.00 e. The minimum Gasteiger partial charge on any atom is -0.784 e. The Morgan fingerprint density at radius 2 is 0.806 bits per heavy atom. The van der Waals surface area contributed by atoms with E-state index in [2.05, 4.69) is 0 Å². The summed E-state index contributed by atoms with van der Waals surface area (Å²) in [6.07, 6.45) is 0. The Hall–Kier alpha value is -1.11. The summed E-state index contributed by atoms with van der Waals surface area (Å²) in [5.41, 5.74) is 0. The summed E-state index contributed by atoms with van der Waals surface area (Å²) in [6, 6.07) is 17.4. The fourth-order valence-corrected chi connectivity index (χ4v) is 3.78. The maximum atomic E-state index is 10.8. The fourth-order valence-electron chi connectivity index (χ4n) is 2.74. The average Bonchev–Trinajstić information content (AvgIpc) is 2.71. The van der Waals surface area contributed by atoms with Crippen LogP contribution in [0.3, 0.4) is 0 Å². The first-order chi connectivity index (χ1) is 15.7. The quantitative estimate of drug-likeness (QED) is 0.105. The molecule has 4 aromatic rings. The molecule has 0 aromatic heterocycles. The monoisotopic (exact) mass is 574 g/mol. The summed E-state index contributed by atoms with van der Waals surface area (Å²) in [4.78, 5) is -0.304. The average molecular weight is 575 g/mol. The summed E-state index contributed by atoms with van der Waals surface area (Å²) in [6.45, 7) is 0.